The minimum Gasteiger partial charge on any atom is -0.452 e. The highest BCUT2D eigenvalue weighted by atomic mass is 35.5. The third kappa shape index (κ3) is 6.21. The van der Waals surface area contributed by atoms with Gasteiger partial charge in [0.2, 0.25) is 10.0 Å². The fraction of sp³-hybridized carbons (Fsp3) is 0.176. The van der Waals surface area contributed by atoms with Gasteiger partial charge in [0.05, 0.1) is 14.9 Å². The molecule has 1 amide bonds. The number of carbonyl (C=O) groups excluding carboxylic acids is 2. The summed E-state index contributed by atoms with van der Waals surface area (Å²) in [6.45, 7) is 0.731. The minimum atomic E-state index is -3.99. The van der Waals surface area contributed by atoms with Crippen molar-refractivity contribution in [1.82, 2.24) is 4.72 Å². The van der Waals surface area contributed by atoms with Crippen molar-refractivity contribution < 1.29 is 22.7 Å². The van der Waals surface area contributed by atoms with Crippen LogP contribution in [0.2, 0.25) is 10.0 Å². The molecule has 144 valence electrons. The number of hydrogen-bond acceptors (Lipinski definition) is 5. The van der Waals surface area contributed by atoms with Gasteiger partial charge < -0.3 is 10.1 Å². The molecule has 0 aliphatic heterocycles. The van der Waals surface area contributed by atoms with Crippen LogP contribution in [0.5, 0.6) is 0 Å². The van der Waals surface area contributed by atoms with E-state index in [1.807, 2.05) is 0 Å². The molecule has 1 atom stereocenters. The molecule has 0 aliphatic rings. The molecular formula is C17H16Cl2N2O5S. The Kier molecular flexibility index (Phi) is 7.20. The van der Waals surface area contributed by atoms with Gasteiger partial charge in [-0.25, -0.2) is 8.42 Å². The Morgan fingerprint density at radius 2 is 1.74 bits per heavy atom. The second-order valence-corrected chi connectivity index (χ2v) is 7.97. The Morgan fingerprint density at radius 3 is 2.37 bits per heavy atom. The number of sulfonamides is 1. The highest BCUT2D eigenvalue weighted by Crippen LogP contribution is 2.24. The highest BCUT2D eigenvalue weighted by Gasteiger charge is 2.21. The lowest BCUT2D eigenvalue weighted by Crippen LogP contribution is -2.35. The number of amides is 1. The van der Waals surface area contributed by atoms with E-state index in [-0.39, 0.29) is 14.9 Å². The number of hydrogen-bond donors (Lipinski definition) is 2. The molecule has 2 aromatic rings. The average Bonchev–Trinajstić information content (AvgIpc) is 2.63. The van der Waals surface area contributed by atoms with Crippen LogP contribution in [0.1, 0.15) is 6.92 Å². The molecular weight excluding hydrogens is 415 g/mol. The maximum atomic E-state index is 12.2. The van der Waals surface area contributed by atoms with Gasteiger partial charge in [0, 0.05) is 5.69 Å². The third-order valence-electron chi connectivity index (χ3n) is 3.33. The quantitative estimate of drug-likeness (QED) is 0.657. The first-order valence-corrected chi connectivity index (χ1v) is 9.93. The SMILES string of the molecule is CC(OC(=O)CNS(=O)(=O)c1ccc(Cl)c(Cl)c1)C(=O)Nc1ccccc1. The summed E-state index contributed by atoms with van der Waals surface area (Å²) in [6, 6.07) is 12.4. The summed E-state index contributed by atoms with van der Waals surface area (Å²) >= 11 is 11.5. The Morgan fingerprint density at radius 1 is 1.07 bits per heavy atom. The van der Waals surface area contributed by atoms with Gasteiger partial charge in [-0.05, 0) is 37.3 Å². The monoisotopic (exact) mass is 430 g/mol. The van der Waals surface area contributed by atoms with Crippen molar-refractivity contribution in [2.24, 2.45) is 0 Å². The van der Waals surface area contributed by atoms with E-state index in [2.05, 4.69) is 10.0 Å². The molecule has 10 heteroatoms. The number of esters is 1. The smallest absolute Gasteiger partial charge is 0.321 e. The molecule has 0 aromatic heterocycles. The van der Waals surface area contributed by atoms with Crippen LogP contribution < -0.4 is 10.0 Å². The maximum Gasteiger partial charge on any atom is 0.321 e. The van der Waals surface area contributed by atoms with E-state index in [9.17, 15) is 18.0 Å². The van der Waals surface area contributed by atoms with E-state index in [1.165, 1.54) is 19.1 Å². The Hall–Kier alpha value is -2.13. The number of ether oxygens (including phenoxy) is 1. The summed E-state index contributed by atoms with van der Waals surface area (Å²) in [6.07, 6.45) is -1.10. The standard InChI is InChI=1S/C17H16Cl2N2O5S/c1-11(17(23)21-12-5-3-2-4-6-12)26-16(22)10-20-27(24,25)13-7-8-14(18)15(19)9-13/h2-9,11,20H,10H2,1H3,(H,21,23). The van der Waals surface area contributed by atoms with Crippen molar-refractivity contribution in [1.29, 1.82) is 0 Å². The lowest BCUT2D eigenvalue weighted by Gasteiger charge is -2.14. The average molecular weight is 431 g/mol. The molecule has 0 bridgehead atoms. The summed E-state index contributed by atoms with van der Waals surface area (Å²) < 4.78 is 31.3. The zero-order valence-corrected chi connectivity index (χ0v) is 16.4. The number of carbonyl (C=O) groups is 2. The second-order valence-electron chi connectivity index (χ2n) is 5.39. The molecule has 0 saturated heterocycles. The van der Waals surface area contributed by atoms with Gasteiger partial charge in [-0.15, -0.1) is 0 Å². The summed E-state index contributed by atoms with van der Waals surface area (Å²) in [5, 5.41) is 2.84. The number of nitrogens with one attached hydrogen (secondary N) is 2. The van der Waals surface area contributed by atoms with Crippen LogP contribution in [0.4, 0.5) is 5.69 Å². The van der Waals surface area contributed by atoms with Crippen molar-refractivity contribution in [2.75, 3.05) is 11.9 Å². The summed E-state index contributed by atoms with van der Waals surface area (Å²) in [4.78, 5) is 23.7. The largest absolute Gasteiger partial charge is 0.452 e. The summed E-state index contributed by atoms with van der Waals surface area (Å²) in [5.74, 6) is -1.45. The molecule has 0 saturated carbocycles. The number of halogens is 2. The molecule has 0 spiro atoms. The molecule has 2 N–H and O–H groups in total. The van der Waals surface area contributed by atoms with Gasteiger partial charge in [0.25, 0.3) is 5.91 Å². The third-order valence-corrected chi connectivity index (χ3v) is 5.46. The van der Waals surface area contributed by atoms with E-state index in [0.717, 1.165) is 6.07 Å². The highest BCUT2D eigenvalue weighted by molar-refractivity contribution is 7.89. The van der Waals surface area contributed by atoms with Crippen molar-refractivity contribution in [2.45, 2.75) is 17.9 Å². The number of benzene rings is 2. The first-order valence-electron chi connectivity index (χ1n) is 7.69. The van der Waals surface area contributed by atoms with Crippen molar-refractivity contribution >= 4 is 50.8 Å². The van der Waals surface area contributed by atoms with E-state index in [1.54, 1.807) is 30.3 Å². The van der Waals surface area contributed by atoms with E-state index >= 15 is 0 Å². The molecule has 7 nitrogen and oxygen atoms in total. The van der Waals surface area contributed by atoms with Gasteiger partial charge in [0.1, 0.15) is 6.54 Å². The lowest BCUT2D eigenvalue weighted by molar-refractivity contribution is -0.151. The zero-order valence-electron chi connectivity index (χ0n) is 14.1. The predicted octanol–water partition coefficient (Wildman–Crippen LogP) is 2.84. The predicted molar refractivity (Wildman–Crippen MR) is 102 cm³/mol. The van der Waals surface area contributed by atoms with Crippen LogP contribution in [-0.4, -0.2) is 32.9 Å². The Balaban J connectivity index is 1.89. The number of rotatable bonds is 7. The number of anilines is 1. The summed E-state index contributed by atoms with van der Waals surface area (Å²) in [5.41, 5.74) is 0.547. The van der Waals surface area contributed by atoms with Crippen LogP contribution >= 0.6 is 23.2 Å². The van der Waals surface area contributed by atoms with Gasteiger partial charge in [0.15, 0.2) is 6.10 Å². The maximum absolute atomic E-state index is 12.2. The van der Waals surface area contributed by atoms with E-state index in [0.29, 0.717) is 5.69 Å². The van der Waals surface area contributed by atoms with Crippen LogP contribution in [0, 0.1) is 0 Å². The molecule has 0 radical (unpaired) electrons. The fourth-order valence-electron chi connectivity index (χ4n) is 1.94. The molecule has 0 heterocycles. The van der Waals surface area contributed by atoms with Crippen molar-refractivity contribution in [3.05, 3.63) is 58.6 Å². The Labute approximate surface area is 166 Å². The fourth-order valence-corrected chi connectivity index (χ4v) is 3.30. The van der Waals surface area contributed by atoms with Gasteiger partial charge in [-0.1, -0.05) is 41.4 Å². The molecule has 0 fully saturated rings. The molecule has 1 unspecified atom stereocenters. The minimum absolute atomic E-state index is 0.0633. The first-order chi connectivity index (χ1) is 12.7. The normalized spacial score (nSPS) is 12.3. The van der Waals surface area contributed by atoms with E-state index in [4.69, 9.17) is 27.9 Å². The topological polar surface area (TPSA) is 102 Å². The van der Waals surface area contributed by atoms with Crippen LogP contribution in [0.3, 0.4) is 0 Å². The van der Waals surface area contributed by atoms with Crippen LogP contribution in [0.15, 0.2) is 53.4 Å². The Bertz CT molecular complexity index is 936. The van der Waals surface area contributed by atoms with Gasteiger partial charge in [-0.3, -0.25) is 9.59 Å². The molecule has 2 rings (SSSR count). The first kappa shape index (κ1) is 21.2. The lowest BCUT2D eigenvalue weighted by atomic mass is 10.3. The number of para-hydroxylation sites is 1. The van der Waals surface area contributed by atoms with Gasteiger partial charge in [-0.2, -0.15) is 4.72 Å². The van der Waals surface area contributed by atoms with Crippen molar-refractivity contribution in [3.63, 3.8) is 0 Å². The molecule has 2 aromatic carbocycles. The molecule has 27 heavy (non-hydrogen) atoms. The van der Waals surface area contributed by atoms with Crippen molar-refractivity contribution in [3.8, 4) is 0 Å². The van der Waals surface area contributed by atoms with Gasteiger partial charge >= 0.3 is 5.97 Å². The molecule has 0 aliphatic carbocycles. The zero-order chi connectivity index (χ0) is 20.0. The second kappa shape index (κ2) is 9.18. The van der Waals surface area contributed by atoms with E-state index < -0.39 is 34.5 Å². The summed E-state index contributed by atoms with van der Waals surface area (Å²) in [7, 11) is -3.99. The van der Waals surface area contributed by atoms with Crippen LogP contribution in [0.25, 0.3) is 0 Å². The van der Waals surface area contributed by atoms with Crippen LogP contribution in [-0.2, 0) is 24.3 Å².